The third kappa shape index (κ3) is 5.47. The maximum atomic E-state index is 13.4. The van der Waals surface area contributed by atoms with Crippen molar-refractivity contribution in [1.82, 2.24) is 4.31 Å². The summed E-state index contributed by atoms with van der Waals surface area (Å²) in [5.74, 6) is 0.570. The van der Waals surface area contributed by atoms with Crippen molar-refractivity contribution in [3.63, 3.8) is 0 Å². The molecule has 6 nitrogen and oxygen atoms in total. The standard InChI is InChI=1S/C24H23ClFNO5S/c1-30-23-9-5-20(25)13-24(23)33(28,29)27-10-11-32-22-8-4-18(12-19(22)14-27)16-31-15-17-2-6-21(26)7-3-17/h2-9,12-13H,10-11,14-16H2,1H3. The second kappa shape index (κ2) is 10.1. The predicted octanol–water partition coefficient (Wildman–Crippen LogP) is 4.79. The zero-order chi connectivity index (χ0) is 23.4. The minimum absolute atomic E-state index is 0.0136. The fraction of sp³-hybridized carbons (Fsp3) is 0.250. The molecule has 0 N–H and O–H groups in total. The van der Waals surface area contributed by atoms with Crippen LogP contribution in [-0.4, -0.2) is 33.0 Å². The van der Waals surface area contributed by atoms with Gasteiger partial charge in [-0.2, -0.15) is 4.31 Å². The van der Waals surface area contributed by atoms with Gasteiger partial charge < -0.3 is 14.2 Å². The summed E-state index contributed by atoms with van der Waals surface area (Å²) in [5.41, 5.74) is 2.47. The largest absolute Gasteiger partial charge is 0.495 e. The molecule has 9 heteroatoms. The van der Waals surface area contributed by atoms with E-state index in [0.29, 0.717) is 24.0 Å². The number of hydrogen-bond donors (Lipinski definition) is 0. The summed E-state index contributed by atoms with van der Waals surface area (Å²) in [5, 5.41) is 0.307. The molecule has 174 valence electrons. The zero-order valence-electron chi connectivity index (χ0n) is 18.0. The molecule has 0 unspecified atom stereocenters. The summed E-state index contributed by atoms with van der Waals surface area (Å²) >= 11 is 6.06. The molecule has 0 aromatic heterocycles. The summed E-state index contributed by atoms with van der Waals surface area (Å²) < 4.78 is 58.0. The Labute approximate surface area is 197 Å². The molecule has 0 atom stereocenters. The zero-order valence-corrected chi connectivity index (χ0v) is 19.5. The van der Waals surface area contributed by atoms with Gasteiger partial charge in [0.05, 0.1) is 20.3 Å². The van der Waals surface area contributed by atoms with Crippen LogP contribution in [0.5, 0.6) is 11.5 Å². The van der Waals surface area contributed by atoms with Crippen molar-refractivity contribution in [2.24, 2.45) is 0 Å². The van der Waals surface area contributed by atoms with Gasteiger partial charge in [-0.05, 0) is 53.6 Å². The van der Waals surface area contributed by atoms with Crippen molar-refractivity contribution < 1.29 is 27.0 Å². The quantitative estimate of drug-likeness (QED) is 0.475. The summed E-state index contributed by atoms with van der Waals surface area (Å²) in [6.45, 7) is 1.19. The maximum absolute atomic E-state index is 13.4. The lowest BCUT2D eigenvalue weighted by Crippen LogP contribution is -2.32. The first kappa shape index (κ1) is 23.5. The molecule has 0 saturated carbocycles. The molecule has 0 saturated heterocycles. The lowest BCUT2D eigenvalue weighted by molar-refractivity contribution is 0.107. The Bertz CT molecular complexity index is 1230. The van der Waals surface area contributed by atoms with Crippen molar-refractivity contribution in [1.29, 1.82) is 0 Å². The third-order valence-corrected chi connectivity index (χ3v) is 7.37. The fourth-order valence-electron chi connectivity index (χ4n) is 3.58. The van der Waals surface area contributed by atoms with Gasteiger partial charge in [-0.15, -0.1) is 0 Å². The van der Waals surface area contributed by atoms with Crippen LogP contribution >= 0.6 is 11.6 Å². The Morgan fingerprint density at radius 2 is 1.76 bits per heavy atom. The van der Waals surface area contributed by atoms with Crippen molar-refractivity contribution in [3.8, 4) is 11.5 Å². The van der Waals surface area contributed by atoms with Crippen LogP contribution in [0.1, 0.15) is 16.7 Å². The highest BCUT2D eigenvalue weighted by Crippen LogP contribution is 2.33. The van der Waals surface area contributed by atoms with Crippen molar-refractivity contribution >= 4 is 21.6 Å². The maximum Gasteiger partial charge on any atom is 0.247 e. The highest BCUT2D eigenvalue weighted by molar-refractivity contribution is 7.89. The number of fused-ring (bicyclic) bond motifs is 1. The van der Waals surface area contributed by atoms with Crippen LogP contribution in [0, 0.1) is 5.82 Å². The van der Waals surface area contributed by atoms with Gasteiger partial charge in [0, 0.05) is 23.7 Å². The van der Waals surface area contributed by atoms with E-state index in [-0.39, 0.29) is 36.2 Å². The molecule has 0 fully saturated rings. The molecule has 0 amide bonds. The van der Waals surface area contributed by atoms with E-state index in [1.165, 1.54) is 35.7 Å². The lowest BCUT2D eigenvalue weighted by atomic mass is 10.1. The molecule has 1 aliphatic heterocycles. The normalized spacial score (nSPS) is 14.3. The Morgan fingerprint density at radius 1 is 1.03 bits per heavy atom. The molecule has 1 heterocycles. The van der Waals surface area contributed by atoms with Crippen molar-refractivity contribution in [3.05, 3.63) is 88.2 Å². The first-order valence-corrected chi connectivity index (χ1v) is 12.1. The number of ether oxygens (including phenoxy) is 3. The van der Waals surface area contributed by atoms with Crippen LogP contribution in [0.3, 0.4) is 0 Å². The van der Waals surface area contributed by atoms with Gasteiger partial charge in [0.2, 0.25) is 10.0 Å². The smallest absolute Gasteiger partial charge is 0.247 e. The van der Waals surface area contributed by atoms with Gasteiger partial charge >= 0.3 is 0 Å². The minimum Gasteiger partial charge on any atom is -0.495 e. The Kier molecular flexibility index (Phi) is 7.19. The highest BCUT2D eigenvalue weighted by Gasteiger charge is 2.30. The van der Waals surface area contributed by atoms with Gasteiger partial charge in [0.15, 0.2) is 0 Å². The number of benzene rings is 3. The predicted molar refractivity (Wildman–Crippen MR) is 122 cm³/mol. The van der Waals surface area contributed by atoms with Crippen LogP contribution in [-0.2, 0) is 34.5 Å². The number of nitrogens with zero attached hydrogens (tertiary/aromatic N) is 1. The second-order valence-electron chi connectivity index (χ2n) is 7.54. The highest BCUT2D eigenvalue weighted by atomic mass is 35.5. The molecule has 3 aromatic carbocycles. The van der Waals surface area contributed by atoms with Crippen LogP contribution < -0.4 is 9.47 Å². The van der Waals surface area contributed by atoms with Crippen LogP contribution in [0.2, 0.25) is 5.02 Å². The van der Waals surface area contributed by atoms with Gasteiger partial charge in [-0.1, -0.05) is 29.8 Å². The fourth-order valence-corrected chi connectivity index (χ4v) is 5.40. The third-order valence-electron chi connectivity index (χ3n) is 5.26. The van der Waals surface area contributed by atoms with Gasteiger partial charge in [0.25, 0.3) is 0 Å². The Morgan fingerprint density at radius 3 is 2.52 bits per heavy atom. The SMILES string of the molecule is COc1ccc(Cl)cc1S(=O)(=O)N1CCOc2ccc(COCc3ccc(F)cc3)cc2C1. The van der Waals surface area contributed by atoms with E-state index < -0.39 is 10.0 Å². The number of halogens is 2. The van der Waals surface area contributed by atoms with Crippen molar-refractivity contribution in [2.45, 2.75) is 24.7 Å². The van der Waals surface area contributed by atoms with Gasteiger partial charge in [-0.25, -0.2) is 12.8 Å². The van der Waals surface area contributed by atoms with E-state index in [1.807, 2.05) is 18.2 Å². The van der Waals surface area contributed by atoms with Gasteiger partial charge in [0.1, 0.15) is 28.8 Å². The van der Waals surface area contributed by atoms with E-state index >= 15 is 0 Å². The first-order chi connectivity index (χ1) is 15.9. The molecule has 3 aromatic rings. The average Bonchev–Trinajstić information content (AvgIpc) is 3.03. The number of methoxy groups -OCH3 is 1. The first-order valence-electron chi connectivity index (χ1n) is 10.3. The monoisotopic (exact) mass is 491 g/mol. The average molecular weight is 492 g/mol. The molecular formula is C24H23ClFNO5S. The summed E-state index contributed by atoms with van der Waals surface area (Å²) in [6, 6.07) is 16.2. The molecule has 33 heavy (non-hydrogen) atoms. The van der Waals surface area contributed by atoms with Crippen LogP contribution in [0.4, 0.5) is 4.39 Å². The van der Waals surface area contributed by atoms with Gasteiger partial charge in [-0.3, -0.25) is 0 Å². The molecule has 0 bridgehead atoms. The van der Waals surface area contributed by atoms with E-state index in [2.05, 4.69) is 0 Å². The van der Waals surface area contributed by atoms with E-state index in [4.69, 9.17) is 25.8 Å². The van der Waals surface area contributed by atoms with Crippen molar-refractivity contribution in [2.75, 3.05) is 20.3 Å². The van der Waals surface area contributed by atoms with E-state index in [9.17, 15) is 12.8 Å². The molecule has 0 aliphatic carbocycles. The molecule has 1 aliphatic rings. The topological polar surface area (TPSA) is 65.1 Å². The molecule has 0 radical (unpaired) electrons. The molecular weight excluding hydrogens is 469 g/mol. The van der Waals surface area contributed by atoms with E-state index in [1.54, 1.807) is 18.2 Å². The molecule has 0 spiro atoms. The number of rotatable bonds is 7. The summed E-state index contributed by atoms with van der Waals surface area (Å²) in [7, 11) is -2.46. The lowest BCUT2D eigenvalue weighted by Gasteiger charge is -2.21. The van der Waals surface area contributed by atoms with Crippen LogP contribution in [0.15, 0.2) is 65.6 Å². The Balaban J connectivity index is 1.51. The minimum atomic E-state index is -3.88. The number of sulfonamides is 1. The Hall–Kier alpha value is -2.65. The second-order valence-corrected chi connectivity index (χ2v) is 9.89. The summed E-state index contributed by atoms with van der Waals surface area (Å²) in [6.07, 6.45) is 0. The van der Waals surface area contributed by atoms with E-state index in [0.717, 1.165) is 16.7 Å². The van der Waals surface area contributed by atoms with Crippen LogP contribution in [0.25, 0.3) is 0 Å². The molecule has 4 rings (SSSR count). The number of hydrogen-bond acceptors (Lipinski definition) is 5. The summed E-state index contributed by atoms with van der Waals surface area (Å²) in [4.78, 5) is 0.0136.